The van der Waals surface area contributed by atoms with Gasteiger partial charge in [-0.25, -0.2) is 4.98 Å². The Labute approximate surface area is 117 Å². The van der Waals surface area contributed by atoms with Crippen LogP contribution in [0.2, 0.25) is 0 Å². The number of nitrogens with zero attached hydrogens (tertiary/aromatic N) is 2. The van der Waals surface area contributed by atoms with Gasteiger partial charge in [0.2, 0.25) is 5.95 Å². The van der Waals surface area contributed by atoms with Crippen molar-refractivity contribution in [1.82, 2.24) is 10.0 Å². The van der Waals surface area contributed by atoms with E-state index >= 15 is 0 Å². The SMILES string of the molecule is OC(N1OCC[C@H]1c1ccc(F)nc1)C1(C2CC2)CC1. The van der Waals surface area contributed by atoms with Crippen molar-refractivity contribution in [1.29, 1.82) is 0 Å². The first-order valence-corrected chi connectivity index (χ1v) is 7.41. The van der Waals surface area contributed by atoms with E-state index in [9.17, 15) is 9.50 Å². The molecule has 108 valence electrons. The Bertz CT molecular complexity index is 499. The number of hydroxylamine groups is 2. The zero-order chi connectivity index (χ0) is 13.7. The lowest BCUT2D eigenvalue weighted by atomic mass is 9.96. The number of rotatable bonds is 4. The summed E-state index contributed by atoms with van der Waals surface area (Å²) in [5.74, 6) is 0.185. The van der Waals surface area contributed by atoms with Gasteiger partial charge >= 0.3 is 0 Å². The fourth-order valence-corrected chi connectivity index (χ4v) is 3.56. The monoisotopic (exact) mass is 278 g/mol. The van der Waals surface area contributed by atoms with Gasteiger partial charge in [0.25, 0.3) is 0 Å². The van der Waals surface area contributed by atoms with Crippen molar-refractivity contribution in [2.75, 3.05) is 6.61 Å². The molecular weight excluding hydrogens is 259 g/mol. The molecule has 2 aliphatic carbocycles. The number of aromatic nitrogens is 1. The quantitative estimate of drug-likeness (QED) is 0.859. The number of halogens is 1. The highest BCUT2D eigenvalue weighted by atomic mass is 19.1. The first-order chi connectivity index (χ1) is 9.71. The lowest BCUT2D eigenvalue weighted by molar-refractivity contribution is -0.247. The summed E-state index contributed by atoms with van der Waals surface area (Å²) in [5, 5.41) is 12.5. The van der Waals surface area contributed by atoms with E-state index in [1.807, 2.05) is 0 Å². The van der Waals surface area contributed by atoms with Crippen LogP contribution in [0.15, 0.2) is 18.3 Å². The third kappa shape index (κ3) is 1.96. The predicted octanol–water partition coefficient (Wildman–Crippen LogP) is 2.41. The molecule has 3 aliphatic rings. The topological polar surface area (TPSA) is 45.6 Å². The predicted molar refractivity (Wildman–Crippen MR) is 69.7 cm³/mol. The Balaban J connectivity index is 1.56. The molecule has 3 fully saturated rings. The van der Waals surface area contributed by atoms with Crippen molar-refractivity contribution in [3.8, 4) is 0 Å². The van der Waals surface area contributed by atoms with E-state index in [2.05, 4.69) is 4.98 Å². The molecule has 0 radical (unpaired) electrons. The third-order valence-corrected chi connectivity index (χ3v) is 5.05. The van der Waals surface area contributed by atoms with Crippen LogP contribution in [0.1, 0.15) is 43.7 Å². The summed E-state index contributed by atoms with van der Waals surface area (Å²) < 4.78 is 12.9. The molecule has 4 rings (SSSR count). The van der Waals surface area contributed by atoms with Gasteiger partial charge in [0.15, 0.2) is 0 Å². The maximum absolute atomic E-state index is 12.9. The molecule has 0 bridgehead atoms. The van der Waals surface area contributed by atoms with Crippen LogP contribution in [0.5, 0.6) is 0 Å². The van der Waals surface area contributed by atoms with E-state index in [-0.39, 0.29) is 11.5 Å². The molecule has 1 saturated heterocycles. The summed E-state index contributed by atoms with van der Waals surface area (Å²) in [7, 11) is 0. The Morgan fingerprint density at radius 1 is 1.35 bits per heavy atom. The molecule has 1 N–H and O–H groups in total. The van der Waals surface area contributed by atoms with Crippen LogP contribution in [-0.2, 0) is 4.84 Å². The number of hydrogen-bond donors (Lipinski definition) is 1. The number of aliphatic hydroxyl groups excluding tert-OH is 1. The van der Waals surface area contributed by atoms with Crippen molar-refractivity contribution in [3.05, 3.63) is 29.8 Å². The van der Waals surface area contributed by atoms with Gasteiger partial charge in [0, 0.05) is 11.6 Å². The molecule has 0 spiro atoms. The molecule has 2 atom stereocenters. The molecule has 4 nitrogen and oxygen atoms in total. The fourth-order valence-electron chi connectivity index (χ4n) is 3.56. The summed E-state index contributed by atoms with van der Waals surface area (Å²) >= 11 is 0. The minimum absolute atomic E-state index is 0.0191. The Hall–Kier alpha value is -1.04. The molecule has 5 heteroatoms. The van der Waals surface area contributed by atoms with Crippen molar-refractivity contribution in [2.45, 2.75) is 44.4 Å². The standard InChI is InChI=1S/C15H19FN2O2/c16-13-4-1-10(9-17-13)12-5-8-20-18(12)14(19)15(6-7-15)11-2-3-11/h1,4,9,11-12,14,19H,2-3,5-8H2/t12-,14?/m0/s1. The Morgan fingerprint density at radius 2 is 2.15 bits per heavy atom. The summed E-state index contributed by atoms with van der Waals surface area (Å²) in [4.78, 5) is 9.39. The summed E-state index contributed by atoms with van der Waals surface area (Å²) in [6.45, 7) is 0.597. The lowest BCUT2D eigenvalue weighted by Crippen LogP contribution is -2.41. The van der Waals surface area contributed by atoms with Crippen LogP contribution in [0.4, 0.5) is 4.39 Å². The molecule has 1 aromatic rings. The minimum atomic E-state index is -0.549. The second-order valence-electron chi connectivity index (χ2n) is 6.29. The van der Waals surface area contributed by atoms with Gasteiger partial charge in [-0.15, -0.1) is 0 Å². The third-order valence-electron chi connectivity index (χ3n) is 5.05. The van der Waals surface area contributed by atoms with Crippen molar-refractivity contribution >= 4 is 0 Å². The number of aliphatic hydroxyl groups is 1. The molecule has 2 heterocycles. The molecule has 1 aliphatic heterocycles. The summed E-state index contributed by atoms with van der Waals surface area (Å²) in [6.07, 6.45) is 6.45. The molecule has 2 saturated carbocycles. The normalized spacial score (nSPS) is 30.4. The van der Waals surface area contributed by atoms with E-state index in [4.69, 9.17) is 4.84 Å². The van der Waals surface area contributed by atoms with Crippen LogP contribution in [0.25, 0.3) is 0 Å². The van der Waals surface area contributed by atoms with E-state index in [0.717, 1.165) is 24.8 Å². The van der Waals surface area contributed by atoms with E-state index < -0.39 is 12.2 Å². The van der Waals surface area contributed by atoms with E-state index in [1.54, 1.807) is 17.3 Å². The van der Waals surface area contributed by atoms with E-state index in [0.29, 0.717) is 12.5 Å². The maximum Gasteiger partial charge on any atom is 0.212 e. The van der Waals surface area contributed by atoms with Crippen molar-refractivity contribution in [3.63, 3.8) is 0 Å². The zero-order valence-corrected chi connectivity index (χ0v) is 11.3. The smallest absolute Gasteiger partial charge is 0.212 e. The average molecular weight is 278 g/mol. The second-order valence-corrected chi connectivity index (χ2v) is 6.29. The van der Waals surface area contributed by atoms with Crippen LogP contribution in [0, 0.1) is 17.3 Å². The fraction of sp³-hybridized carbons (Fsp3) is 0.667. The second kappa shape index (κ2) is 4.48. The van der Waals surface area contributed by atoms with Gasteiger partial charge in [-0.05, 0) is 49.7 Å². The van der Waals surface area contributed by atoms with Crippen LogP contribution in [0.3, 0.4) is 0 Å². The first kappa shape index (κ1) is 12.7. The highest BCUT2D eigenvalue weighted by Gasteiger charge is 2.61. The van der Waals surface area contributed by atoms with Gasteiger partial charge < -0.3 is 5.11 Å². The number of hydrogen-bond acceptors (Lipinski definition) is 4. The zero-order valence-electron chi connectivity index (χ0n) is 11.3. The molecule has 1 aromatic heterocycles. The van der Waals surface area contributed by atoms with Crippen LogP contribution in [-0.4, -0.2) is 28.0 Å². The number of pyridine rings is 1. The van der Waals surface area contributed by atoms with Crippen molar-refractivity contribution in [2.24, 2.45) is 11.3 Å². The van der Waals surface area contributed by atoms with E-state index in [1.165, 1.54) is 18.9 Å². The van der Waals surface area contributed by atoms with Gasteiger partial charge in [-0.3, -0.25) is 4.84 Å². The van der Waals surface area contributed by atoms with Crippen LogP contribution >= 0.6 is 0 Å². The molecule has 20 heavy (non-hydrogen) atoms. The van der Waals surface area contributed by atoms with Crippen molar-refractivity contribution < 1.29 is 14.3 Å². The molecule has 0 aromatic carbocycles. The Kier molecular flexibility index (Phi) is 2.84. The highest BCUT2D eigenvalue weighted by Crippen LogP contribution is 2.64. The summed E-state index contributed by atoms with van der Waals surface area (Å²) in [6, 6.07) is 3.08. The van der Waals surface area contributed by atoms with Gasteiger partial charge in [-0.1, -0.05) is 6.07 Å². The minimum Gasteiger partial charge on any atom is -0.376 e. The van der Waals surface area contributed by atoms with Crippen LogP contribution < -0.4 is 0 Å². The first-order valence-electron chi connectivity index (χ1n) is 7.41. The molecule has 0 amide bonds. The lowest BCUT2D eigenvalue weighted by Gasteiger charge is -2.33. The van der Waals surface area contributed by atoms with Gasteiger partial charge in [0.05, 0.1) is 12.6 Å². The van der Waals surface area contributed by atoms with Gasteiger partial charge in [-0.2, -0.15) is 9.45 Å². The molecular formula is C15H19FN2O2. The molecule has 1 unspecified atom stereocenters. The Morgan fingerprint density at radius 3 is 2.75 bits per heavy atom. The highest BCUT2D eigenvalue weighted by molar-refractivity contribution is 5.16. The maximum atomic E-state index is 12.9. The summed E-state index contributed by atoms with van der Waals surface area (Å²) in [5.41, 5.74) is 0.963. The average Bonchev–Trinajstić information content (AvgIpc) is 3.35. The largest absolute Gasteiger partial charge is 0.376 e. The van der Waals surface area contributed by atoms with Gasteiger partial charge in [0.1, 0.15) is 6.23 Å².